The maximum atomic E-state index is 16.0. The van der Waals surface area contributed by atoms with Gasteiger partial charge in [-0.3, -0.25) is 5.73 Å². The van der Waals surface area contributed by atoms with Crippen LogP contribution in [0.5, 0.6) is 11.5 Å². The van der Waals surface area contributed by atoms with Crippen LogP contribution in [0, 0.1) is 5.82 Å². The molecular weight excluding hydrogens is 373 g/mol. The van der Waals surface area contributed by atoms with Crippen LogP contribution in [-0.4, -0.2) is 38.7 Å². The van der Waals surface area contributed by atoms with Crippen LogP contribution >= 0.6 is 0 Å². The van der Waals surface area contributed by atoms with E-state index in [0.29, 0.717) is 48.7 Å². The van der Waals surface area contributed by atoms with Gasteiger partial charge in [-0.15, -0.1) is 0 Å². The molecule has 29 heavy (non-hydrogen) atoms. The zero-order valence-corrected chi connectivity index (χ0v) is 17.1. The lowest BCUT2D eigenvalue weighted by Gasteiger charge is -2.34. The van der Waals surface area contributed by atoms with Gasteiger partial charge in [0, 0.05) is 25.3 Å². The van der Waals surface area contributed by atoms with Crippen LogP contribution in [0.2, 0.25) is 0 Å². The molecule has 0 saturated heterocycles. The number of benzene rings is 1. The van der Waals surface area contributed by atoms with Crippen LogP contribution in [0.1, 0.15) is 37.8 Å². The van der Waals surface area contributed by atoms with Crippen LogP contribution < -0.4 is 31.2 Å². The van der Waals surface area contributed by atoms with Crippen LogP contribution in [0.25, 0.3) is 5.57 Å². The molecule has 0 aromatic heterocycles. The van der Waals surface area contributed by atoms with E-state index in [9.17, 15) is 0 Å². The number of fused-ring (bicyclic) bond motifs is 1. The number of nitrogens with two attached hydrogens (primary N) is 1. The first-order chi connectivity index (χ1) is 13.9. The summed E-state index contributed by atoms with van der Waals surface area (Å²) >= 11 is 0. The van der Waals surface area contributed by atoms with Gasteiger partial charge in [0.05, 0.1) is 11.1 Å². The van der Waals surface area contributed by atoms with Crippen LogP contribution in [0.3, 0.4) is 0 Å². The number of likely N-dealkylation sites (N-methyl/N-ethyl adjacent to an activating group) is 1. The number of allylic oxidation sites excluding steroid dienone is 2. The van der Waals surface area contributed by atoms with E-state index in [1.54, 1.807) is 13.1 Å². The standard InChI is InChI=1S/C21H28FN5O2/c1-12-4-5-14(6-7-25-12)18-19(22)15(11-16-20(18)29-9-8-28-16)21(23)26-13(2)10-17(24-3)27-21/h6,10-12,25-26H,4-5,7-9,23H2,1-3H3,(H,24,27)/t12-,21?/m0/s1. The molecule has 4 rings (SSSR count). The minimum absolute atomic E-state index is 0.225. The van der Waals surface area contributed by atoms with E-state index < -0.39 is 11.6 Å². The average molecular weight is 401 g/mol. The Morgan fingerprint density at radius 3 is 2.93 bits per heavy atom. The van der Waals surface area contributed by atoms with E-state index in [1.165, 1.54) is 0 Å². The van der Waals surface area contributed by atoms with Crippen molar-refractivity contribution < 1.29 is 13.9 Å². The largest absolute Gasteiger partial charge is 0.486 e. The highest BCUT2D eigenvalue weighted by atomic mass is 19.1. The third kappa shape index (κ3) is 3.70. The number of rotatable bonds is 2. The Morgan fingerprint density at radius 1 is 1.34 bits per heavy atom. The average Bonchev–Trinajstić information content (AvgIpc) is 2.91. The fourth-order valence-corrected chi connectivity index (χ4v) is 3.96. The zero-order chi connectivity index (χ0) is 20.6. The molecule has 8 heteroatoms. The first kappa shape index (κ1) is 19.7. The molecule has 0 aliphatic carbocycles. The molecular formula is C21H28FN5O2. The maximum absolute atomic E-state index is 16.0. The van der Waals surface area contributed by atoms with Crippen molar-refractivity contribution in [2.24, 2.45) is 10.7 Å². The topological polar surface area (TPSA) is 92.9 Å². The second kappa shape index (κ2) is 7.68. The Labute approximate surface area is 170 Å². The second-order valence-electron chi connectivity index (χ2n) is 7.68. The quantitative estimate of drug-likeness (QED) is 0.605. The van der Waals surface area contributed by atoms with Gasteiger partial charge < -0.3 is 25.4 Å². The number of nitrogens with zero attached hydrogens (tertiary/aromatic N) is 1. The first-order valence-electron chi connectivity index (χ1n) is 9.99. The van der Waals surface area contributed by atoms with Gasteiger partial charge in [0.1, 0.15) is 24.9 Å². The molecule has 5 N–H and O–H groups in total. The fourth-order valence-electron chi connectivity index (χ4n) is 3.96. The Hall–Kier alpha value is -2.58. The highest BCUT2D eigenvalue weighted by molar-refractivity contribution is 5.94. The lowest BCUT2D eigenvalue weighted by Crippen LogP contribution is -2.52. The van der Waals surface area contributed by atoms with Crippen LogP contribution in [0.4, 0.5) is 4.39 Å². The summed E-state index contributed by atoms with van der Waals surface area (Å²) in [4.78, 5) is 4.51. The molecule has 0 amide bonds. The zero-order valence-electron chi connectivity index (χ0n) is 17.1. The number of hydrogen-bond acceptors (Lipinski definition) is 7. The molecule has 3 heterocycles. The van der Waals surface area contributed by atoms with E-state index in [0.717, 1.165) is 24.1 Å². The van der Waals surface area contributed by atoms with Gasteiger partial charge in [-0.2, -0.15) is 0 Å². The van der Waals surface area contributed by atoms with Crippen molar-refractivity contribution in [3.05, 3.63) is 40.9 Å². The highest BCUT2D eigenvalue weighted by Gasteiger charge is 2.37. The molecule has 156 valence electrons. The van der Waals surface area contributed by atoms with E-state index in [1.807, 2.05) is 19.1 Å². The molecule has 3 aliphatic rings. The summed E-state index contributed by atoms with van der Waals surface area (Å²) in [7, 11) is 1.75. The monoisotopic (exact) mass is 401 g/mol. The van der Waals surface area contributed by atoms with Gasteiger partial charge in [-0.1, -0.05) is 6.08 Å². The molecule has 2 atom stereocenters. The van der Waals surface area contributed by atoms with Gasteiger partial charge in [0.2, 0.25) is 5.79 Å². The second-order valence-corrected chi connectivity index (χ2v) is 7.68. The van der Waals surface area contributed by atoms with Gasteiger partial charge >= 0.3 is 0 Å². The summed E-state index contributed by atoms with van der Waals surface area (Å²) in [6.07, 6.45) is 5.48. The SMILES string of the molecule is CNC1=NC(N)(c2cc3c(c(C4=CCN[C@@H](C)CC4)c2F)OCCO3)NC(C)=C1. The molecule has 0 saturated carbocycles. The normalized spacial score (nSPS) is 26.5. The summed E-state index contributed by atoms with van der Waals surface area (Å²) in [6.45, 7) is 5.46. The smallest absolute Gasteiger partial charge is 0.214 e. The predicted octanol–water partition coefficient (Wildman–Crippen LogP) is 1.95. The Kier molecular flexibility index (Phi) is 5.23. The van der Waals surface area contributed by atoms with Gasteiger partial charge in [0.15, 0.2) is 11.5 Å². The van der Waals surface area contributed by atoms with Crippen molar-refractivity contribution in [2.45, 2.75) is 38.5 Å². The number of aliphatic imine (C=N–C) groups is 1. The van der Waals surface area contributed by atoms with E-state index in [4.69, 9.17) is 15.2 Å². The first-order valence-corrected chi connectivity index (χ1v) is 9.99. The maximum Gasteiger partial charge on any atom is 0.214 e. The van der Waals surface area contributed by atoms with Gasteiger partial charge in [-0.05, 0) is 44.4 Å². The Balaban J connectivity index is 1.88. The highest BCUT2D eigenvalue weighted by Crippen LogP contribution is 2.44. The van der Waals surface area contributed by atoms with Gasteiger partial charge in [-0.25, -0.2) is 9.38 Å². The molecule has 1 unspecified atom stereocenters. The van der Waals surface area contributed by atoms with E-state index >= 15 is 4.39 Å². The van der Waals surface area contributed by atoms with Crippen molar-refractivity contribution in [1.82, 2.24) is 16.0 Å². The Morgan fingerprint density at radius 2 is 2.14 bits per heavy atom. The van der Waals surface area contributed by atoms with Crippen LogP contribution in [0.15, 0.2) is 28.9 Å². The number of amidine groups is 1. The molecule has 0 fully saturated rings. The predicted molar refractivity (Wildman–Crippen MR) is 111 cm³/mol. The number of nitrogens with one attached hydrogen (secondary N) is 3. The number of hydrogen-bond donors (Lipinski definition) is 4. The van der Waals surface area contributed by atoms with Crippen molar-refractivity contribution >= 4 is 11.4 Å². The summed E-state index contributed by atoms with van der Waals surface area (Å²) in [5.41, 5.74) is 8.91. The van der Waals surface area contributed by atoms with Crippen molar-refractivity contribution in [2.75, 3.05) is 26.8 Å². The summed E-state index contributed by atoms with van der Waals surface area (Å²) < 4.78 is 27.7. The summed E-state index contributed by atoms with van der Waals surface area (Å²) in [5.74, 6) is -0.371. The molecule has 3 aliphatic heterocycles. The fraction of sp³-hybridized carbons (Fsp3) is 0.476. The van der Waals surface area contributed by atoms with Gasteiger partial charge in [0.25, 0.3) is 0 Å². The minimum Gasteiger partial charge on any atom is -0.486 e. The third-order valence-electron chi connectivity index (χ3n) is 5.46. The lowest BCUT2D eigenvalue weighted by atomic mass is 9.93. The van der Waals surface area contributed by atoms with Crippen molar-refractivity contribution in [1.29, 1.82) is 0 Å². The molecule has 1 aromatic carbocycles. The number of halogens is 1. The number of ether oxygens (including phenoxy) is 2. The lowest BCUT2D eigenvalue weighted by molar-refractivity contribution is 0.169. The van der Waals surface area contributed by atoms with E-state index in [-0.39, 0.29) is 5.56 Å². The molecule has 0 spiro atoms. The van der Waals surface area contributed by atoms with Crippen molar-refractivity contribution in [3.63, 3.8) is 0 Å². The molecule has 0 radical (unpaired) electrons. The molecule has 0 bridgehead atoms. The third-order valence-corrected chi connectivity index (χ3v) is 5.46. The molecule has 7 nitrogen and oxygen atoms in total. The summed E-state index contributed by atoms with van der Waals surface area (Å²) in [5, 5.41) is 9.50. The minimum atomic E-state index is -1.46. The molecule has 1 aromatic rings. The summed E-state index contributed by atoms with van der Waals surface area (Å²) in [6, 6.07) is 1.97. The van der Waals surface area contributed by atoms with Crippen LogP contribution in [-0.2, 0) is 5.79 Å². The van der Waals surface area contributed by atoms with E-state index in [2.05, 4.69) is 27.9 Å². The Bertz CT molecular complexity index is 911. The van der Waals surface area contributed by atoms with Crippen molar-refractivity contribution in [3.8, 4) is 11.5 Å².